The fourth-order valence-corrected chi connectivity index (χ4v) is 3.07. The van der Waals surface area contributed by atoms with Crippen LogP contribution in [0.15, 0.2) is 30.6 Å². The summed E-state index contributed by atoms with van der Waals surface area (Å²) in [6.45, 7) is 3.47. The molecular formula is C21H41BFN. The maximum atomic E-state index is 2.29. The molecule has 0 saturated heterocycles. The van der Waals surface area contributed by atoms with Gasteiger partial charge in [-0.15, -0.1) is 0 Å². The first-order valence-electron chi connectivity index (χ1n) is 9.87. The van der Waals surface area contributed by atoms with Crippen LogP contribution in [0.3, 0.4) is 0 Å². The molecule has 0 radical (unpaired) electrons. The lowest BCUT2D eigenvalue weighted by Gasteiger charge is -2.02. The predicted molar refractivity (Wildman–Crippen MR) is 107 cm³/mol. The van der Waals surface area contributed by atoms with E-state index < -0.39 is 0 Å². The van der Waals surface area contributed by atoms with Crippen molar-refractivity contribution in [2.24, 2.45) is 0 Å². The Labute approximate surface area is 152 Å². The molecule has 0 atom stereocenters. The maximum absolute atomic E-state index is 2.29. The van der Waals surface area contributed by atoms with Crippen molar-refractivity contribution in [3.8, 4) is 0 Å². The number of pyridine rings is 1. The Balaban J connectivity index is 0. The van der Waals surface area contributed by atoms with Gasteiger partial charge in [-0.3, -0.25) is 0 Å². The minimum atomic E-state index is 0. The number of rotatable bonds is 15. The zero-order valence-corrected chi connectivity index (χ0v) is 15.3. The largest absolute Gasteiger partial charge is 1.00 e. The molecule has 0 fully saturated rings. The average Bonchev–Trinajstić information content (AvgIpc) is 2.56. The molecule has 1 aromatic rings. The Morgan fingerprint density at radius 1 is 0.542 bits per heavy atom. The predicted octanol–water partition coefficient (Wildman–Crippen LogP) is 2.28. The van der Waals surface area contributed by atoms with Gasteiger partial charge in [-0.2, -0.15) is 0 Å². The summed E-state index contributed by atoms with van der Waals surface area (Å²) in [7, 11) is 0. The normalized spacial score (nSPS) is 10.0. The van der Waals surface area contributed by atoms with Gasteiger partial charge in [0.25, 0.3) is 0 Å². The highest BCUT2D eigenvalue weighted by Gasteiger charge is 1.98. The number of aromatic nitrogens is 1. The van der Waals surface area contributed by atoms with E-state index >= 15 is 0 Å². The van der Waals surface area contributed by atoms with E-state index in [-0.39, 0.29) is 13.1 Å². The minimum absolute atomic E-state index is 0. The topological polar surface area (TPSA) is 3.88 Å². The van der Waals surface area contributed by atoms with Crippen molar-refractivity contribution in [2.75, 3.05) is 0 Å². The van der Waals surface area contributed by atoms with Crippen molar-refractivity contribution in [1.29, 1.82) is 0 Å². The Bertz CT molecular complexity index is 332. The summed E-state index contributed by atoms with van der Waals surface area (Å²) >= 11 is 0. The van der Waals surface area contributed by atoms with Gasteiger partial charge in [-0.1, -0.05) is 90.0 Å². The molecule has 0 N–H and O–H groups in total. The van der Waals surface area contributed by atoms with Crippen LogP contribution in [0, 0.1) is 0 Å². The van der Waals surface area contributed by atoms with E-state index in [1.807, 2.05) is 0 Å². The third kappa shape index (κ3) is 16.0. The fraction of sp³-hybridized carbons (Fsp3) is 0.762. The molecule has 24 heavy (non-hydrogen) atoms. The van der Waals surface area contributed by atoms with Gasteiger partial charge in [-0.05, 0) is 6.42 Å². The van der Waals surface area contributed by atoms with E-state index in [1.54, 1.807) is 0 Å². The lowest BCUT2D eigenvalue weighted by molar-refractivity contribution is -0.697. The molecule has 0 unspecified atom stereocenters. The molecule has 0 spiro atoms. The molecule has 0 aliphatic heterocycles. The van der Waals surface area contributed by atoms with Gasteiger partial charge in [-0.25, -0.2) is 4.57 Å². The number of hydrogen-bond donors (Lipinski definition) is 0. The molecule has 3 heteroatoms. The van der Waals surface area contributed by atoms with Gasteiger partial charge in [0.15, 0.2) is 12.4 Å². The quantitative estimate of drug-likeness (QED) is 0.263. The molecule has 1 nitrogen and oxygen atoms in total. The summed E-state index contributed by atoms with van der Waals surface area (Å²) in [5, 5.41) is 0. The van der Waals surface area contributed by atoms with Crippen LogP contribution in [0.4, 0.5) is 0 Å². The van der Waals surface area contributed by atoms with Crippen molar-refractivity contribution < 1.29 is 9.27 Å². The summed E-state index contributed by atoms with van der Waals surface area (Å²) in [4.78, 5) is 0. The second kappa shape index (κ2) is 20.2. The number of aryl methyl sites for hydroxylation is 1. The fourth-order valence-electron chi connectivity index (χ4n) is 3.07. The number of hydrogen-bond acceptors (Lipinski definition) is 0. The highest BCUT2D eigenvalue weighted by Crippen LogP contribution is 2.12. The lowest BCUT2D eigenvalue weighted by Crippen LogP contribution is -3.00. The smallest absolute Gasteiger partial charge is 0.168 e. The van der Waals surface area contributed by atoms with Crippen LogP contribution < -0.4 is 9.27 Å². The minimum Gasteiger partial charge on any atom is -1.00 e. The number of halogens is 1. The van der Waals surface area contributed by atoms with E-state index in [0.29, 0.717) is 0 Å². The van der Waals surface area contributed by atoms with Crippen LogP contribution in [-0.4, -0.2) is 8.41 Å². The Hall–Kier alpha value is -0.855. The Morgan fingerprint density at radius 2 is 0.917 bits per heavy atom. The monoisotopic (exact) mass is 337 g/mol. The number of nitrogens with zero attached hydrogens (tertiary/aromatic N) is 1. The SMILES string of the molecule is B.CCCCCCCCCCCCCCCC[n+]1ccccc1.[F-]. The van der Waals surface area contributed by atoms with Crippen LogP contribution in [-0.2, 0) is 6.54 Å². The van der Waals surface area contributed by atoms with Crippen molar-refractivity contribution in [1.82, 2.24) is 0 Å². The molecule has 1 aromatic heterocycles. The van der Waals surface area contributed by atoms with E-state index in [4.69, 9.17) is 0 Å². The third-order valence-electron chi connectivity index (χ3n) is 4.55. The molecule has 1 rings (SSSR count). The van der Waals surface area contributed by atoms with E-state index in [0.717, 1.165) is 0 Å². The molecule has 0 aliphatic rings. The summed E-state index contributed by atoms with van der Waals surface area (Å²) in [6.07, 6.45) is 24.4. The van der Waals surface area contributed by atoms with Gasteiger partial charge < -0.3 is 4.70 Å². The van der Waals surface area contributed by atoms with Gasteiger partial charge in [0.05, 0.1) is 8.41 Å². The van der Waals surface area contributed by atoms with Crippen molar-refractivity contribution >= 4 is 8.41 Å². The Morgan fingerprint density at radius 3 is 1.33 bits per heavy atom. The van der Waals surface area contributed by atoms with Crippen LogP contribution in [0.25, 0.3) is 0 Å². The van der Waals surface area contributed by atoms with Crippen molar-refractivity contribution in [3.63, 3.8) is 0 Å². The molecule has 0 bridgehead atoms. The second-order valence-corrected chi connectivity index (χ2v) is 6.71. The summed E-state index contributed by atoms with van der Waals surface area (Å²) in [5.74, 6) is 0. The zero-order valence-electron chi connectivity index (χ0n) is 15.3. The first-order chi connectivity index (χ1) is 10.9. The van der Waals surface area contributed by atoms with Crippen LogP contribution in [0.5, 0.6) is 0 Å². The molecule has 1 heterocycles. The first kappa shape index (κ1) is 25.4. The zero-order chi connectivity index (χ0) is 15.7. The molecule has 0 amide bonds. The highest BCUT2D eigenvalue weighted by molar-refractivity contribution is 5.75. The van der Waals surface area contributed by atoms with Crippen molar-refractivity contribution in [3.05, 3.63) is 30.6 Å². The maximum Gasteiger partial charge on any atom is 0.168 e. The highest BCUT2D eigenvalue weighted by atomic mass is 19.0. The van der Waals surface area contributed by atoms with Crippen LogP contribution >= 0.6 is 0 Å². The summed E-state index contributed by atoms with van der Waals surface area (Å²) in [5.41, 5.74) is 0. The third-order valence-corrected chi connectivity index (χ3v) is 4.55. The number of unbranched alkanes of at least 4 members (excludes halogenated alkanes) is 13. The Kier molecular flexibility index (Phi) is 21.4. The standard InChI is InChI=1S/C21H38N.BH3.FH/c1-2-3-4-5-6-7-8-9-10-11-12-13-14-16-19-22-20-17-15-18-21-22;;/h15,17-18,20-21H,2-14,16,19H2,1H3;1H3;1H/q+1;;/p-1. The van der Waals surface area contributed by atoms with Crippen molar-refractivity contribution in [2.45, 2.75) is 103 Å². The molecule has 0 aliphatic carbocycles. The van der Waals surface area contributed by atoms with Crippen LogP contribution in [0.1, 0.15) is 96.8 Å². The van der Waals surface area contributed by atoms with Gasteiger partial charge in [0, 0.05) is 18.6 Å². The van der Waals surface area contributed by atoms with Crippen LogP contribution in [0.2, 0.25) is 0 Å². The van der Waals surface area contributed by atoms with E-state index in [1.165, 1.54) is 96.4 Å². The second-order valence-electron chi connectivity index (χ2n) is 6.71. The average molecular weight is 337 g/mol. The molecule has 0 saturated carbocycles. The van der Waals surface area contributed by atoms with Gasteiger partial charge >= 0.3 is 0 Å². The lowest BCUT2D eigenvalue weighted by atomic mass is 10.0. The first-order valence-corrected chi connectivity index (χ1v) is 9.87. The summed E-state index contributed by atoms with van der Waals surface area (Å²) < 4.78 is 2.29. The molecular weight excluding hydrogens is 296 g/mol. The van der Waals surface area contributed by atoms with E-state index in [9.17, 15) is 0 Å². The van der Waals surface area contributed by atoms with E-state index in [2.05, 4.69) is 42.1 Å². The van der Waals surface area contributed by atoms with Gasteiger partial charge in [0.1, 0.15) is 6.54 Å². The van der Waals surface area contributed by atoms with Gasteiger partial charge in [0.2, 0.25) is 0 Å². The molecule has 140 valence electrons. The molecule has 0 aromatic carbocycles. The summed E-state index contributed by atoms with van der Waals surface area (Å²) in [6, 6.07) is 6.31.